The molecule has 1 aliphatic rings. The molecule has 1 aromatic rings. The predicted molar refractivity (Wildman–Crippen MR) is 100 cm³/mol. The minimum atomic E-state index is -1.48. The summed E-state index contributed by atoms with van der Waals surface area (Å²) in [5.74, 6) is -1.60. The molecule has 0 saturated carbocycles. The molecule has 5 atom stereocenters. The highest BCUT2D eigenvalue weighted by molar-refractivity contribution is 5.67. The Morgan fingerprint density at radius 3 is 2.10 bits per heavy atom. The highest BCUT2D eigenvalue weighted by atomic mass is 16.7. The van der Waals surface area contributed by atoms with E-state index in [4.69, 9.17) is 28.4 Å². The van der Waals surface area contributed by atoms with Gasteiger partial charge in [-0.05, 0) is 17.7 Å². The molecule has 0 aromatic heterocycles. The van der Waals surface area contributed by atoms with Crippen molar-refractivity contribution in [1.29, 1.82) is 0 Å². The fraction of sp³-hybridized carbons (Fsp3) is 0.550. The van der Waals surface area contributed by atoms with E-state index in [1.54, 1.807) is 31.4 Å². The third-order valence-electron chi connectivity index (χ3n) is 4.16. The Balaban J connectivity index is 2.25. The van der Waals surface area contributed by atoms with Crippen LogP contribution in [0.25, 0.3) is 0 Å². The van der Waals surface area contributed by atoms with Crippen molar-refractivity contribution in [3.8, 4) is 5.75 Å². The second kappa shape index (κ2) is 10.9. The number of aliphatic hydroxyl groups excluding tert-OH is 1. The third kappa shape index (κ3) is 6.68. The Morgan fingerprint density at radius 1 is 0.967 bits per heavy atom. The number of carbonyl (C=O) groups excluding carboxylic acids is 3. The zero-order chi connectivity index (χ0) is 22.3. The first-order chi connectivity index (χ1) is 14.2. The summed E-state index contributed by atoms with van der Waals surface area (Å²) in [7, 11) is 1.58. The van der Waals surface area contributed by atoms with Gasteiger partial charge in [0.25, 0.3) is 0 Å². The maximum Gasteiger partial charge on any atom is 0.303 e. The van der Waals surface area contributed by atoms with Gasteiger partial charge >= 0.3 is 17.9 Å². The monoisotopic (exact) mass is 426 g/mol. The van der Waals surface area contributed by atoms with Crippen LogP contribution in [-0.4, -0.2) is 67.4 Å². The fourth-order valence-electron chi connectivity index (χ4n) is 2.95. The molecule has 1 saturated heterocycles. The molecule has 1 aliphatic heterocycles. The van der Waals surface area contributed by atoms with Gasteiger partial charge in [-0.15, -0.1) is 0 Å². The van der Waals surface area contributed by atoms with Crippen molar-refractivity contribution < 1.29 is 47.9 Å². The van der Waals surface area contributed by atoms with Gasteiger partial charge in [-0.25, -0.2) is 0 Å². The number of aliphatic hydroxyl groups is 1. The summed E-state index contributed by atoms with van der Waals surface area (Å²) in [6.07, 6.45) is -6.30. The topological polar surface area (TPSA) is 127 Å². The van der Waals surface area contributed by atoms with E-state index in [-0.39, 0.29) is 6.61 Å². The zero-order valence-corrected chi connectivity index (χ0v) is 17.2. The van der Waals surface area contributed by atoms with Gasteiger partial charge in [-0.3, -0.25) is 14.4 Å². The predicted octanol–water partition coefficient (Wildman–Crippen LogP) is 0.724. The van der Waals surface area contributed by atoms with Crippen LogP contribution in [0.15, 0.2) is 24.3 Å². The second-order valence-electron chi connectivity index (χ2n) is 6.68. The largest absolute Gasteiger partial charge is 0.463 e. The number of carbonyl (C=O) groups is 3. The van der Waals surface area contributed by atoms with Crippen molar-refractivity contribution in [2.75, 3.05) is 13.7 Å². The van der Waals surface area contributed by atoms with Crippen LogP contribution in [-0.2, 0) is 44.7 Å². The smallest absolute Gasteiger partial charge is 0.303 e. The van der Waals surface area contributed by atoms with Gasteiger partial charge in [0.05, 0.1) is 6.61 Å². The van der Waals surface area contributed by atoms with Gasteiger partial charge in [0.2, 0.25) is 6.29 Å². The number of rotatable bonds is 8. The number of ether oxygens (including phenoxy) is 6. The highest BCUT2D eigenvalue weighted by Crippen LogP contribution is 2.29. The lowest BCUT2D eigenvalue weighted by Crippen LogP contribution is -2.62. The average molecular weight is 426 g/mol. The lowest BCUT2D eigenvalue weighted by Gasteiger charge is -2.42. The highest BCUT2D eigenvalue weighted by Gasteiger charge is 2.50. The molecule has 0 bridgehead atoms. The van der Waals surface area contributed by atoms with Crippen LogP contribution in [0, 0.1) is 0 Å². The van der Waals surface area contributed by atoms with Crippen LogP contribution in [0.1, 0.15) is 26.3 Å². The van der Waals surface area contributed by atoms with Crippen LogP contribution in [0.5, 0.6) is 5.75 Å². The van der Waals surface area contributed by atoms with Gasteiger partial charge in [0, 0.05) is 27.9 Å². The van der Waals surface area contributed by atoms with Crippen molar-refractivity contribution in [3.05, 3.63) is 29.8 Å². The summed E-state index contributed by atoms with van der Waals surface area (Å²) in [5, 5.41) is 10.7. The molecule has 0 aliphatic carbocycles. The Hall–Kier alpha value is -2.69. The first kappa shape index (κ1) is 23.6. The number of benzene rings is 1. The van der Waals surface area contributed by atoms with E-state index in [1.165, 1.54) is 6.92 Å². The molecule has 30 heavy (non-hydrogen) atoms. The summed E-state index contributed by atoms with van der Waals surface area (Å²) < 4.78 is 31.8. The first-order valence-corrected chi connectivity index (χ1v) is 9.27. The summed E-state index contributed by atoms with van der Waals surface area (Å²) >= 11 is 0. The minimum absolute atomic E-state index is 0.301. The lowest BCUT2D eigenvalue weighted by atomic mass is 9.98. The summed E-state index contributed by atoms with van der Waals surface area (Å²) in [5.41, 5.74) is 0.912. The van der Waals surface area contributed by atoms with E-state index in [1.807, 2.05) is 0 Å². The molecule has 1 aromatic carbocycles. The molecule has 2 rings (SSSR count). The molecule has 10 heteroatoms. The van der Waals surface area contributed by atoms with Gasteiger partial charge in [0.1, 0.15) is 18.5 Å². The zero-order valence-electron chi connectivity index (χ0n) is 17.2. The maximum atomic E-state index is 11.6. The summed E-state index contributed by atoms with van der Waals surface area (Å²) in [6, 6.07) is 6.86. The molecule has 1 fully saturated rings. The Bertz CT molecular complexity index is 732. The van der Waals surface area contributed by atoms with E-state index in [0.29, 0.717) is 12.4 Å². The number of esters is 3. The van der Waals surface area contributed by atoms with Crippen LogP contribution in [0.4, 0.5) is 0 Å². The molecule has 1 heterocycles. The van der Waals surface area contributed by atoms with Crippen molar-refractivity contribution >= 4 is 17.9 Å². The molecular formula is C20H26O10. The minimum Gasteiger partial charge on any atom is -0.463 e. The van der Waals surface area contributed by atoms with Crippen molar-refractivity contribution in [2.45, 2.75) is 58.1 Å². The van der Waals surface area contributed by atoms with Gasteiger partial charge in [0.15, 0.2) is 18.3 Å². The third-order valence-corrected chi connectivity index (χ3v) is 4.16. The normalized spacial score (nSPS) is 25.8. The molecule has 0 radical (unpaired) electrons. The first-order valence-electron chi connectivity index (χ1n) is 9.27. The Morgan fingerprint density at radius 2 is 1.57 bits per heavy atom. The van der Waals surface area contributed by atoms with E-state index >= 15 is 0 Å². The van der Waals surface area contributed by atoms with Gasteiger partial charge in [-0.1, -0.05) is 12.1 Å². The maximum absolute atomic E-state index is 11.6. The molecule has 0 unspecified atom stereocenters. The van der Waals surface area contributed by atoms with Gasteiger partial charge < -0.3 is 33.5 Å². The lowest BCUT2D eigenvalue weighted by molar-refractivity contribution is -0.285. The molecule has 0 amide bonds. The standard InChI is InChI=1S/C20H26O10/c1-11(21)26-10-16-18(27-12(2)22)19(28-13(3)23)17(24)20(30-16)29-15-7-5-14(6-8-15)9-25-4/h5-8,16-20,24H,9-10H2,1-4H3/t16-,17-,18+,19-,20-/m1/s1. The summed E-state index contributed by atoms with van der Waals surface area (Å²) in [4.78, 5) is 34.4. The van der Waals surface area contributed by atoms with Crippen LogP contribution in [0.3, 0.4) is 0 Å². The quantitative estimate of drug-likeness (QED) is 0.469. The van der Waals surface area contributed by atoms with Crippen LogP contribution >= 0.6 is 0 Å². The van der Waals surface area contributed by atoms with Gasteiger partial charge in [-0.2, -0.15) is 0 Å². The van der Waals surface area contributed by atoms with E-state index < -0.39 is 48.6 Å². The molecular weight excluding hydrogens is 400 g/mol. The number of hydrogen-bond donors (Lipinski definition) is 1. The summed E-state index contributed by atoms with van der Waals surface area (Å²) in [6.45, 7) is 3.64. The molecule has 166 valence electrons. The molecule has 1 N–H and O–H groups in total. The van der Waals surface area contributed by atoms with Crippen LogP contribution < -0.4 is 4.74 Å². The second-order valence-corrected chi connectivity index (χ2v) is 6.68. The van der Waals surface area contributed by atoms with Crippen LogP contribution in [0.2, 0.25) is 0 Å². The molecule has 10 nitrogen and oxygen atoms in total. The van der Waals surface area contributed by atoms with E-state index in [9.17, 15) is 19.5 Å². The number of hydrogen-bond acceptors (Lipinski definition) is 10. The average Bonchev–Trinajstić information content (AvgIpc) is 2.66. The SMILES string of the molecule is COCc1ccc(O[C@@H]2O[C@H](COC(C)=O)[C@H](OC(C)=O)[C@H](OC(C)=O)[C@H]2O)cc1. The Kier molecular flexibility index (Phi) is 8.58. The molecule has 0 spiro atoms. The number of methoxy groups -OCH3 is 1. The van der Waals surface area contributed by atoms with E-state index in [0.717, 1.165) is 19.4 Å². The van der Waals surface area contributed by atoms with Crippen molar-refractivity contribution in [1.82, 2.24) is 0 Å². The fourth-order valence-corrected chi connectivity index (χ4v) is 2.95. The van der Waals surface area contributed by atoms with E-state index in [2.05, 4.69) is 0 Å². The Labute approximate surface area is 173 Å². The van der Waals surface area contributed by atoms with Crippen molar-refractivity contribution in [3.63, 3.8) is 0 Å². The van der Waals surface area contributed by atoms with Crippen molar-refractivity contribution in [2.24, 2.45) is 0 Å².